The summed E-state index contributed by atoms with van der Waals surface area (Å²) in [5, 5.41) is 3.90. The minimum absolute atomic E-state index is 0.00762. The summed E-state index contributed by atoms with van der Waals surface area (Å²) in [5.74, 6) is 0.00374. The third-order valence-corrected chi connectivity index (χ3v) is 4.67. The monoisotopic (exact) mass is 369 g/mol. The second-order valence-electron chi connectivity index (χ2n) is 4.87. The lowest BCUT2D eigenvalue weighted by atomic mass is 10.3. The molecule has 0 saturated heterocycles. The van der Waals surface area contributed by atoms with Crippen LogP contribution >= 0.6 is 0 Å². The molecular formula is C15H19N3O6S. The van der Waals surface area contributed by atoms with E-state index < -0.39 is 16.0 Å². The fourth-order valence-electron chi connectivity index (χ4n) is 2.09. The SMILES string of the molecule is CCOC(=O)c1cnn(C)c1NS(=O)(=O)c1ccc(OC)c(OC)c1. The summed E-state index contributed by atoms with van der Waals surface area (Å²) in [4.78, 5) is 11.9. The van der Waals surface area contributed by atoms with Gasteiger partial charge < -0.3 is 14.2 Å². The smallest absolute Gasteiger partial charge is 0.343 e. The van der Waals surface area contributed by atoms with E-state index in [1.165, 1.54) is 50.3 Å². The summed E-state index contributed by atoms with van der Waals surface area (Å²) in [7, 11) is 0.375. The number of carbonyl (C=O) groups excluding carboxylic acids is 1. The number of methoxy groups -OCH3 is 2. The summed E-state index contributed by atoms with van der Waals surface area (Å²) >= 11 is 0. The molecule has 1 N–H and O–H groups in total. The normalized spacial score (nSPS) is 11.0. The van der Waals surface area contributed by atoms with Gasteiger partial charge in [0.15, 0.2) is 17.3 Å². The minimum atomic E-state index is -3.99. The Kier molecular flexibility index (Phi) is 5.52. The highest BCUT2D eigenvalue weighted by Crippen LogP contribution is 2.30. The highest BCUT2D eigenvalue weighted by molar-refractivity contribution is 7.92. The topological polar surface area (TPSA) is 109 Å². The van der Waals surface area contributed by atoms with E-state index in [1.54, 1.807) is 6.92 Å². The van der Waals surface area contributed by atoms with E-state index in [4.69, 9.17) is 14.2 Å². The number of aryl methyl sites for hydroxylation is 1. The molecular weight excluding hydrogens is 350 g/mol. The molecule has 2 rings (SSSR count). The third-order valence-electron chi connectivity index (χ3n) is 3.33. The molecule has 0 aliphatic carbocycles. The van der Waals surface area contributed by atoms with Gasteiger partial charge in [-0.15, -0.1) is 0 Å². The number of carbonyl (C=O) groups is 1. The molecule has 25 heavy (non-hydrogen) atoms. The molecule has 0 spiro atoms. The van der Waals surface area contributed by atoms with E-state index in [0.29, 0.717) is 5.75 Å². The summed E-state index contributed by atoms with van der Waals surface area (Å²) in [6, 6.07) is 4.16. The number of ether oxygens (including phenoxy) is 3. The Labute approximate surface area is 145 Å². The number of nitrogens with one attached hydrogen (secondary N) is 1. The van der Waals surface area contributed by atoms with Crippen LogP contribution in [0, 0.1) is 0 Å². The Hall–Kier alpha value is -2.75. The lowest BCUT2D eigenvalue weighted by Crippen LogP contribution is -2.18. The van der Waals surface area contributed by atoms with Gasteiger partial charge in [0.25, 0.3) is 10.0 Å². The van der Waals surface area contributed by atoms with Gasteiger partial charge in [-0.25, -0.2) is 13.2 Å². The molecule has 1 aromatic carbocycles. The van der Waals surface area contributed by atoms with Crippen LogP contribution in [-0.2, 0) is 21.8 Å². The molecule has 0 fully saturated rings. The molecule has 1 aromatic heterocycles. The van der Waals surface area contributed by atoms with Crippen molar-refractivity contribution in [2.75, 3.05) is 25.5 Å². The Morgan fingerprint density at radius 3 is 2.52 bits per heavy atom. The van der Waals surface area contributed by atoms with Gasteiger partial charge in [-0.3, -0.25) is 9.40 Å². The molecule has 9 nitrogen and oxygen atoms in total. The van der Waals surface area contributed by atoms with Crippen molar-refractivity contribution in [1.29, 1.82) is 0 Å². The molecule has 0 aliphatic rings. The molecule has 0 bridgehead atoms. The van der Waals surface area contributed by atoms with Crippen LogP contribution in [0.3, 0.4) is 0 Å². The molecule has 0 unspecified atom stereocenters. The van der Waals surface area contributed by atoms with E-state index in [0.717, 1.165) is 0 Å². The lowest BCUT2D eigenvalue weighted by Gasteiger charge is -2.12. The fourth-order valence-corrected chi connectivity index (χ4v) is 3.21. The molecule has 0 atom stereocenters. The Balaban J connectivity index is 2.40. The van der Waals surface area contributed by atoms with Crippen molar-refractivity contribution in [3.05, 3.63) is 30.0 Å². The predicted octanol–water partition coefficient (Wildman–Crippen LogP) is 1.41. The second kappa shape index (κ2) is 7.43. The first-order valence-corrected chi connectivity index (χ1v) is 8.76. The standard InChI is InChI=1S/C15H19N3O6S/c1-5-24-15(19)11-9-16-18(2)14(11)17-25(20,21)10-6-7-12(22-3)13(8-10)23-4/h6-9,17H,5H2,1-4H3. The average molecular weight is 369 g/mol. The lowest BCUT2D eigenvalue weighted by molar-refractivity contribution is 0.0527. The number of esters is 1. The Morgan fingerprint density at radius 2 is 1.92 bits per heavy atom. The summed E-state index contributed by atoms with van der Waals surface area (Å²) in [6.45, 7) is 1.82. The van der Waals surface area contributed by atoms with E-state index in [2.05, 4.69) is 9.82 Å². The summed E-state index contributed by atoms with van der Waals surface area (Å²) in [5.41, 5.74) is 0.0217. The van der Waals surface area contributed by atoms with Crippen LogP contribution in [0.15, 0.2) is 29.3 Å². The van der Waals surface area contributed by atoms with E-state index in [-0.39, 0.29) is 28.6 Å². The van der Waals surface area contributed by atoms with E-state index in [1.807, 2.05) is 0 Å². The zero-order valence-corrected chi connectivity index (χ0v) is 15.1. The maximum absolute atomic E-state index is 12.7. The van der Waals surface area contributed by atoms with Crippen LogP contribution in [0.5, 0.6) is 11.5 Å². The molecule has 136 valence electrons. The molecule has 0 radical (unpaired) electrons. The van der Waals surface area contributed by atoms with Gasteiger partial charge in [-0.1, -0.05) is 0 Å². The van der Waals surface area contributed by atoms with Crippen molar-refractivity contribution >= 4 is 21.8 Å². The Morgan fingerprint density at radius 1 is 1.24 bits per heavy atom. The number of rotatable bonds is 7. The van der Waals surface area contributed by atoms with Crippen LogP contribution in [0.25, 0.3) is 0 Å². The van der Waals surface area contributed by atoms with Gasteiger partial charge in [-0.05, 0) is 19.1 Å². The van der Waals surface area contributed by atoms with Crippen molar-refractivity contribution in [2.24, 2.45) is 7.05 Å². The minimum Gasteiger partial charge on any atom is -0.493 e. The number of aromatic nitrogens is 2. The highest BCUT2D eigenvalue weighted by atomic mass is 32.2. The quantitative estimate of drug-likeness (QED) is 0.735. The number of hydrogen-bond donors (Lipinski definition) is 1. The van der Waals surface area contributed by atoms with Crippen molar-refractivity contribution in [3.8, 4) is 11.5 Å². The molecule has 0 aliphatic heterocycles. The van der Waals surface area contributed by atoms with Crippen LogP contribution in [0.4, 0.5) is 5.82 Å². The first kappa shape index (κ1) is 18.6. The Bertz CT molecular complexity index is 875. The number of anilines is 1. The fraction of sp³-hybridized carbons (Fsp3) is 0.333. The number of hydrogen-bond acceptors (Lipinski definition) is 7. The molecule has 0 saturated carbocycles. The second-order valence-corrected chi connectivity index (χ2v) is 6.56. The number of nitrogens with zero attached hydrogens (tertiary/aromatic N) is 2. The van der Waals surface area contributed by atoms with Gasteiger partial charge in [0, 0.05) is 13.1 Å². The third kappa shape index (κ3) is 3.85. The van der Waals surface area contributed by atoms with Crippen LogP contribution in [-0.4, -0.2) is 45.0 Å². The van der Waals surface area contributed by atoms with Crippen molar-refractivity contribution in [3.63, 3.8) is 0 Å². The largest absolute Gasteiger partial charge is 0.493 e. The van der Waals surface area contributed by atoms with E-state index >= 15 is 0 Å². The van der Waals surface area contributed by atoms with Crippen LogP contribution in [0.2, 0.25) is 0 Å². The first-order chi connectivity index (χ1) is 11.8. The molecule has 2 aromatic rings. The van der Waals surface area contributed by atoms with Gasteiger partial charge in [-0.2, -0.15) is 5.10 Å². The van der Waals surface area contributed by atoms with Gasteiger partial charge in [0.1, 0.15) is 5.56 Å². The predicted molar refractivity (Wildman–Crippen MR) is 89.5 cm³/mol. The zero-order valence-electron chi connectivity index (χ0n) is 14.3. The maximum Gasteiger partial charge on any atom is 0.343 e. The first-order valence-electron chi connectivity index (χ1n) is 7.28. The summed E-state index contributed by atoms with van der Waals surface area (Å²) in [6.07, 6.45) is 1.24. The summed E-state index contributed by atoms with van der Waals surface area (Å²) < 4.78 is 44.0. The molecule has 0 amide bonds. The van der Waals surface area contributed by atoms with Crippen LogP contribution in [0.1, 0.15) is 17.3 Å². The van der Waals surface area contributed by atoms with Crippen molar-refractivity contribution in [2.45, 2.75) is 11.8 Å². The average Bonchev–Trinajstić information content (AvgIpc) is 2.94. The van der Waals surface area contributed by atoms with Crippen LogP contribution < -0.4 is 14.2 Å². The highest BCUT2D eigenvalue weighted by Gasteiger charge is 2.24. The van der Waals surface area contributed by atoms with Crippen molar-refractivity contribution in [1.82, 2.24) is 9.78 Å². The maximum atomic E-state index is 12.7. The number of benzene rings is 1. The van der Waals surface area contributed by atoms with Gasteiger partial charge in [0.05, 0.1) is 31.9 Å². The molecule has 10 heteroatoms. The zero-order chi connectivity index (χ0) is 18.6. The molecule has 1 heterocycles. The van der Waals surface area contributed by atoms with Crippen molar-refractivity contribution < 1.29 is 27.4 Å². The van der Waals surface area contributed by atoms with Gasteiger partial charge >= 0.3 is 5.97 Å². The number of sulfonamides is 1. The van der Waals surface area contributed by atoms with E-state index in [9.17, 15) is 13.2 Å². The van der Waals surface area contributed by atoms with Gasteiger partial charge in [0.2, 0.25) is 0 Å².